The minimum Gasteiger partial charge on any atom is -0.491 e. The van der Waals surface area contributed by atoms with E-state index in [0.717, 1.165) is 11.6 Å². The monoisotopic (exact) mass is 256 g/mol. The molecule has 98 valence electrons. The number of aromatic nitrogens is 2. The first-order valence-electron chi connectivity index (χ1n) is 6.22. The van der Waals surface area contributed by atoms with Crippen molar-refractivity contribution in [3.8, 4) is 5.75 Å². The van der Waals surface area contributed by atoms with Crippen molar-refractivity contribution in [1.82, 2.24) is 9.97 Å². The van der Waals surface area contributed by atoms with Gasteiger partial charge < -0.3 is 15.0 Å². The molecule has 0 amide bonds. The number of anilines is 2. The van der Waals surface area contributed by atoms with Gasteiger partial charge in [-0.05, 0) is 12.1 Å². The van der Waals surface area contributed by atoms with Gasteiger partial charge in [0, 0.05) is 25.9 Å². The van der Waals surface area contributed by atoms with E-state index >= 15 is 0 Å². The number of benzene rings is 1. The van der Waals surface area contributed by atoms with Crippen LogP contribution < -0.4 is 15.0 Å². The Morgan fingerprint density at radius 3 is 2.95 bits per heavy atom. The smallest absolute Gasteiger partial charge is 0.226 e. The third-order valence-corrected chi connectivity index (χ3v) is 3.06. The van der Waals surface area contributed by atoms with Crippen molar-refractivity contribution in [2.24, 2.45) is 0 Å². The first-order chi connectivity index (χ1) is 9.24. The Balaban J connectivity index is 1.81. The predicted octanol–water partition coefficient (Wildman–Crippen LogP) is 2.09. The van der Waals surface area contributed by atoms with Gasteiger partial charge in [0.2, 0.25) is 5.95 Å². The van der Waals surface area contributed by atoms with E-state index in [1.807, 2.05) is 43.3 Å². The number of nitrogens with zero attached hydrogens (tertiary/aromatic N) is 3. The molecular weight excluding hydrogens is 240 g/mol. The third kappa shape index (κ3) is 2.31. The van der Waals surface area contributed by atoms with Crippen LogP contribution in [0.1, 0.15) is 11.6 Å². The van der Waals surface area contributed by atoms with Gasteiger partial charge in [-0.3, -0.25) is 0 Å². The average molecular weight is 256 g/mol. The number of rotatable bonds is 3. The van der Waals surface area contributed by atoms with Crippen molar-refractivity contribution >= 4 is 11.8 Å². The van der Waals surface area contributed by atoms with Gasteiger partial charge in [-0.2, -0.15) is 4.98 Å². The van der Waals surface area contributed by atoms with E-state index in [2.05, 4.69) is 21.4 Å². The summed E-state index contributed by atoms with van der Waals surface area (Å²) in [4.78, 5) is 10.5. The highest BCUT2D eigenvalue weighted by Gasteiger charge is 2.23. The number of nitrogens with one attached hydrogen (secondary N) is 1. The summed E-state index contributed by atoms with van der Waals surface area (Å²) in [7, 11) is 3.85. The second kappa shape index (κ2) is 4.76. The Kier molecular flexibility index (Phi) is 2.95. The molecular formula is C14H16N4O. The predicted molar refractivity (Wildman–Crippen MR) is 74.7 cm³/mol. The minimum absolute atomic E-state index is 0.140. The van der Waals surface area contributed by atoms with Gasteiger partial charge in [0.05, 0.1) is 6.04 Å². The fourth-order valence-electron chi connectivity index (χ4n) is 2.10. The van der Waals surface area contributed by atoms with Crippen molar-refractivity contribution in [1.29, 1.82) is 0 Å². The largest absolute Gasteiger partial charge is 0.491 e. The highest BCUT2D eigenvalue weighted by Crippen LogP contribution is 2.33. The van der Waals surface area contributed by atoms with Gasteiger partial charge in [0.25, 0.3) is 0 Å². The summed E-state index contributed by atoms with van der Waals surface area (Å²) in [6.45, 7) is 0.626. The number of para-hydroxylation sites is 1. The Bertz CT molecular complexity index is 585. The SMILES string of the molecule is CN(C)c1nccc(NC2COc3ccccc32)n1. The molecule has 5 heteroatoms. The molecule has 0 saturated heterocycles. The van der Waals surface area contributed by atoms with Crippen molar-refractivity contribution < 1.29 is 4.74 Å². The lowest BCUT2D eigenvalue weighted by molar-refractivity contribution is 0.339. The minimum atomic E-state index is 0.140. The molecule has 2 aromatic rings. The van der Waals surface area contributed by atoms with Crippen LogP contribution in [0, 0.1) is 0 Å². The van der Waals surface area contributed by atoms with Crippen molar-refractivity contribution in [2.45, 2.75) is 6.04 Å². The summed E-state index contributed by atoms with van der Waals surface area (Å²) in [6.07, 6.45) is 1.76. The van der Waals surface area contributed by atoms with Crippen molar-refractivity contribution in [3.05, 3.63) is 42.1 Å². The van der Waals surface area contributed by atoms with E-state index < -0.39 is 0 Å². The summed E-state index contributed by atoms with van der Waals surface area (Å²) in [6, 6.07) is 10.1. The van der Waals surface area contributed by atoms with Gasteiger partial charge in [0.15, 0.2) is 0 Å². The molecule has 1 aromatic heterocycles. The standard InChI is InChI=1S/C14H16N4O/c1-18(2)14-15-8-7-13(17-14)16-11-9-19-12-6-4-3-5-10(11)12/h3-8,11H,9H2,1-2H3,(H,15,16,17). The van der Waals surface area contributed by atoms with Gasteiger partial charge >= 0.3 is 0 Å². The molecule has 2 heterocycles. The molecule has 1 N–H and O–H groups in total. The van der Waals surface area contributed by atoms with E-state index in [-0.39, 0.29) is 6.04 Å². The Morgan fingerprint density at radius 1 is 1.26 bits per heavy atom. The summed E-state index contributed by atoms with van der Waals surface area (Å²) < 4.78 is 5.64. The molecule has 0 spiro atoms. The zero-order chi connectivity index (χ0) is 13.2. The van der Waals surface area contributed by atoms with Crippen LogP contribution in [0.3, 0.4) is 0 Å². The molecule has 5 nitrogen and oxygen atoms in total. The summed E-state index contributed by atoms with van der Waals surface area (Å²) in [5.41, 5.74) is 1.17. The first kappa shape index (κ1) is 11.8. The highest BCUT2D eigenvalue weighted by molar-refractivity contribution is 5.47. The molecule has 1 aliphatic rings. The Hall–Kier alpha value is -2.30. The van der Waals surface area contributed by atoms with E-state index in [9.17, 15) is 0 Å². The van der Waals surface area contributed by atoms with Crippen LogP contribution in [0.2, 0.25) is 0 Å². The van der Waals surface area contributed by atoms with Crippen LogP contribution in [-0.2, 0) is 0 Å². The lowest BCUT2D eigenvalue weighted by Gasteiger charge is -2.15. The Labute approximate surface area is 112 Å². The normalized spacial score (nSPS) is 16.6. The lowest BCUT2D eigenvalue weighted by atomic mass is 10.1. The molecule has 1 atom stereocenters. The van der Waals surface area contributed by atoms with Crippen LogP contribution in [0.15, 0.2) is 36.5 Å². The zero-order valence-electron chi connectivity index (χ0n) is 11.0. The number of hydrogen-bond donors (Lipinski definition) is 1. The van der Waals surface area contributed by atoms with Gasteiger partial charge in [-0.15, -0.1) is 0 Å². The zero-order valence-corrected chi connectivity index (χ0v) is 11.0. The van der Waals surface area contributed by atoms with Gasteiger partial charge in [-0.1, -0.05) is 18.2 Å². The Morgan fingerprint density at radius 2 is 2.11 bits per heavy atom. The molecule has 0 bridgehead atoms. The quantitative estimate of drug-likeness (QED) is 0.911. The van der Waals surface area contributed by atoms with Crippen LogP contribution in [0.25, 0.3) is 0 Å². The second-order valence-corrected chi connectivity index (χ2v) is 4.68. The average Bonchev–Trinajstić information content (AvgIpc) is 2.83. The third-order valence-electron chi connectivity index (χ3n) is 3.06. The van der Waals surface area contributed by atoms with Crippen molar-refractivity contribution in [2.75, 3.05) is 30.9 Å². The topological polar surface area (TPSA) is 50.3 Å². The van der Waals surface area contributed by atoms with E-state index in [0.29, 0.717) is 12.6 Å². The lowest BCUT2D eigenvalue weighted by Crippen LogP contribution is -2.16. The molecule has 0 fully saturated rings. The number of hydrogen-bond acceptors (Lipinski definition) is 5. The summed E-state index contributed by atoms with van der Waals surface area (Å²) in [5.74, 6) is 2.45. The highest BCUT2D eigenvalue weighted by atomic mass is 16.5. The maximum absolute atomic E-state index is 5.64. The molecule has 19 heavy (non-hydrogen) atoms. The summed E-state index contributed by atoms with van der Waals surface area (Å²) in [5, 5.41) is 3.39. The van der Waals surface area contributed by atoms with Gasteiger partial charge in [-0.25, -0.2) is 4.98 Å². The van der Waals surface area contributed by atoms with Gasteiger partial charge in [0.1, 0.15) is 18.2 Å². The second-order valence-electron chi connectivity index (χ2n) is 4.68. The summed E-state index contributed by atoms with van der Waals surface area (Å²) >= 11 is 0. The first-order valence-corrected chi connectivity index (χ1v) is 6.22. The number of ether oxygens (including phenoxy) is 1. The van der Waals surface area contributed by atoms with Crippen LogP contribution >= 0.6 is 0 Å². The maximum Gasteiger partial charge on any atom is 0.226 e. The fraction of sp³-hybridized carbons (Fsp3) is 0.286. The fourth-order valence-corrected chi connectivity index (χ4v) is 2.10. The van der Waals surface area contributed by atoms with E-state index in [4.69, 9.17) is 4.74 Å². The number of fused-ring (bicyclic) bond motifs is 1. The maximum atomic E-state index is 5.64. The van der Waals surface area contributed by atoms with Crippen molar-refractivity contribution in [3.63, 3.8) is 0 Å². The molecule has 1 aliphatic heterocycles. The van der Waals surface area contributed by atoms with Crippen LogP contribution in [-0.4, -0.2) is 30.7 Å². The molecule has 1 aromatic carbocycles. The molecule has 0 radical (unpaired) electrons. The van der Waals surface area contributed by atoms with Crippen LogP contribution in [0.5, 0.6) is 5.75 Å². The van der Waals surface area contributed by atoms with Crippen LogP contribution in [0.4, 0.5) is 11.8 Å². The molecule has 0 saturated carbocycles. The van der Waals surface area contributed by atoms with E-state index in [1.54, 1.807) is 6.20 Å². The molecule has 3 rings (SSSR count). The molecule has 1 unspecified atom stereocenters. The van der Waals surface area contributed by atoms with E-state index in [1.165, 1.54) is 5.56 Å². The molecule has 0 aliphatic carbocycles.